The van der Waals surface area contributed by atoms with E-state index in [1.165, 1.54) is 67.0 Å². The number of benzene rings is 1. The highest BCUT2D eigenvalue weighted by Gasteiger charge is 2.53. The number of hydrogen-bond acceptors (Lipinski definition) is 5. The molecule has 0 radical (unpaired) electrons. The number of hydrogen-bond donors (Lipinski definition) is 1. The standard InChI is InChI=1S/C26H29ClN4O3S/c27-21-9-8-20(35-21)23(32)28-19-10-15-30-22(19)24(33)31(25(30)34)18-6-4-17(5-7-18)26(11-3-12-26)16-29-13-1-2-14-29/h4-9,19,22H,1-3,10-16H2,(H,28,32)/t19-,22+/m1/s1. The van der Waals surface area contributed by atoms with Crippen molar-refractivity contribution < 1.29 is 14.4 Å². The zero-order chi connectivity index (χ0) is 24.2. The molecule has 1 aromatic heterocycles. The Bertz CT molecular complexity index is 1160. The van der Waals surface area contributed by atoms with Crippen molar-refractivity contribution >= 4 is 46.5 Å². The van der Waals surface area contributed by atoms with E-state index in [4.69, 9.17) is 11.6 Å². The van der Waals surface area contributed by atoms with Crippen LogP contribution in [0.25, 0.3) is 0 Å². The smallest absolute Gasteiger partial charge is 0.332 e. The first kappa shape index (κ1) is 23.0. The molecule has 35 heavy (non-hydrogen) atoms. The number of carbonyl (C=O) groups excluding carboxylic acids is 3. The predicted molar refractivity (Wildman–Crippen MR) is 136 cm³/mol. The second-order valence-corrected chi connectivity index (χ2v) is 11.9. The zero-order valence-electron chi connectivity index (χ0n) is 19.5. The van der Waals surface area contributed by atoms with Crippen LogP contribution in [0.15, 0.2) is 36.4 Å². The quantitative estimate of drug-likeness (QED) is 0.587. The van der Waals surface area contributed by atoms with Gasteiger partial charge in [-0.3, -0.25) is 9.59 Å². The van der Waals surface area contributed by atoms with Crippen molar-refractivity contribution in [3.05, 3.63) is 51.2 Å². The molecule has 2 atom stereocenters. The molecule has 1 N–H and O–H groups in total. The van der Waals surface area contributed by atoms with Crippen LogP contribution in [-0.4, -0.2) is 65.9 Å². The minimum atomic E-state index is -0.672. The maximum atomic E-state index is 13.4. The summed E-state index contributed by atoms with van der Waals surface area (Å²) in [5.74, 6) is -0.536. The van der Waals surface area contributed by atoms with Crippen LogP contribution in [0.5, 0.6) is 0 Å². The molecule has 4 fully saturated rings. The molecule has 1 saturated carbocycles. The summed E-state index contributed by atoms with van der Waals surface area (Å²) in [6.45, 7) is 3.91. The minimum Gasteiger partial charge on any atom is -0.346 e. The highest BCUT2D eigenvalue weighted by atomic mass is 35.5. The topological polar surface area (TPSA) is 73.0 Å². The molecular weight excluding hydrogens is 484 g/mol. The number of thiophene rings is 1. The van der Waals surface area contributed by atoms with E-state index in [1.54, 1.807) is 17.0 Å². The third-order valence-corrected chi connectivity index (χ3v) is 9.43. The lowest BCUT2D eigenvalue weighted by Crippen LogP contribution is -2.46. The Kier molecular flexibility index (Phi) is 5.86. The van der Waals surface area contributed by atoms with Gasteiger partial charge in [-0.2, -0.15) is 0 Å². The zero-order valence-corrected chi connectivity index (χ0v) is 21.1. The lowest BCUT2D eigenvalue weighted by molar-refractivity contribution is -0.119. The molecule has 3 saturated heterocycles. The first-order valence-electron chi connectivity index (χ1n) is 12.5. The molecule has 6 rings (SSSR count). The van der Waals surface area contributed by atoms with E-state index in [2.05, 4.69) is 22.3 Å². The van der Waals surface area contributed by atoms with Gasteiger partial charge in [0.1, 0.15) is 6.04 Å². The van der Waals surface area contributed by atoms with Crippen molar-refractivity contribution in [1.82, 2.24) is 15.1 Å². The summed E-state index contributed by atoms with van der Waals surface area (Å²) in [4.78, 5) is 45.2. The summed E-state index contributed by atoms with van der Waals surface area (Å²) in [6, 6.07) is 10.00. The van der Waals surface area contributed by atoms with E-state index in [0.29, 0.717) is 27.9 Å². The number of urea groups is 1. The number of nitrogens with zero attached hydrogens (tertiary/aromatic N) is 3. The van der Waals surface area contributed by atoms with Gasteiger partial charge in [0, 0.05) is 18.5 Å². The first-order valence-corrected chi connectivity index (χ1v) is 13.7. The number of imide groups is 1. The predicted octanol–water partition coefficient (Wildman–Crippen LogP) is 4.26. The SMILES string of the molecule is O=C(N[C@@H]1CCN2C(=O)N(c3ccc(C4(CN5CCCC5)CCC4)cc3)C(=O)[C@H]12)c1ccc(Cl)s1. The fourth-order valence-corrected chi connectivity index (χ4v) is 7.15. The molecule has 0 bridgehead atoms. The van der Waals surface area contributed by atoms with Gasteiger partial charge in [0.05, 0.1) is 20.9 Å². The summed E-state index contributed by atoms with van der Waals surface area (Å²) in [6.07, 6.45) is 6.76. The summed E-state index contributed by atoms with van der Waals surface area (Å²) >= 11 is 7.15. The van der Waals surface area contributed by atoms with Crippen molar-refractivity contribution in [2.45, 2.75) is 56.0 Å². The fraction of sp³-hybridized carbons (Fsp3) is 0.500. The average molecular weight is 513 g/mol. The van der Waals surface area contributed by atoms with Crippen molar-refractivity contribution in [2.24, 2.45) is 0 Å². The monoisotopic (exact) mass is 512 g/mol. The number of halogens is 1. The van der Waals surface area contributed by atoms with E-state index in [0.717, 1.165) is 6.54 Å². The normalized spacial score (nSPS) is 25.7. The highest BCUT2D eigenvalue weighted by molar-refractivity contribution is 7.18. The van der Waals surface area contributed by atoms with Gasteiger partial charge in [-0.25, -0.2) is 9.69 Å². The van der Waals surface area contributed by atoms with Gasteiger partial charge < -0.3 is 15.1 Å². The molecule has 7 nitrogen and oxygen atoms in total. The molecule has 3 aliphatic heterocycles. The minimum absolute atomic E-state index is 0.196. The summed E-state index contributed by atoms with van der Waals surface area (Å²) in [7, 11) is 0. The number of amides is 4. The Morgan fingerprint density at radius 2 is 1.77 bits per heavy atom. The lowest BCUT2D eigenvalue weighted by atomic mass is 9.64. The van der Waals surface area contributed by atoms with Crippen molar-refractivity contribution in [2.75, 3.05) is 31.1 Å². The van der Waals surface area contributed by atoms with Crippen molar-refractivity contribution in [1.29, 1.82) is 0 Å². The Balaban J connectivity index is 1.18. The van der Waals surface area contributed by atoms with Crippen LogP contribution < -0.4 is 10.2 Å². The van der Waals surface area contributed by atoms with Crippen LogP contribution in [0.2, 0.25) is 4.34 Å². The lowest BCUT2D eigenvalue weighted by Gasteiger charge is -2.45. The fourth-order valence-electron chi connectivity index (χ4n) is 6.21. The molecule has 0 unspecified atom stereocenters. The average Bonchev–Trinajstić information content (AvgIpc) is 3.60. The van der Waals surface area contributed by atoms with Crippen LogP contribution in [0.4, 0.5) is 10.5 Å². The van der Waals surface area contributed by atoms with Gasteiger partial charge in [-0.1, -0.05) is 30.2 Å². The van der Waals surface area contributed by atoms with Gasteiger partial charge in [0.25, 0.3) is 11.8 Å². The van der Waals surface area contributed by atoms with Crippen LogP contribution in [0.1, 0.15) is 53.8 Å². The van der Waals surface area contributed by atoms with E-state index in [9.17, 15) is 14.4 Å². The number of likely N-dealkylation sites (tertiary alicyclic amines) is 1. The number of fused-ring (bicyclic) bond motifs is 1. The summed E-state index contributed by atoms with van der Waals surface area (Å²) in [5.41, 5.74) is 2.10. The van der Waals surface area contributed by atoms with Crippen LogP contribution in [0.3, 0.4) is 0 Å². The first-order chi connectivity index (χ1) is 16.9. The van der Waals surface area contributed by atoms with Crippen LogP contribution in [0, 0.1) is 0 Å². The van der Waals surface area contributed by atoms with Crippen LogP contribution in [-0.2, 0) is 10.2 Å². The molecule has 4 amide bonds. The maximum absolute atomic E-state index is 13.4. The maximum Gasteiger partial charge on any atom is 0.332 e. The van der Waals surface area contributed by atoms with Crippen LogP contribution >= 0.6 is 22.9 Å². The Hall–Kier alpha value is -2.42. The third-order valence-electron chi connectivity index (χ3n) is 8.20. The molecule has 1 aromatic carbocycles. The molecule has 184 valence electrons. The number of carbonyl (C=O) groups is 3. The molecule has 2 aromatic rings. The molecule has 0 spiro atoms. The van der Waals surface area contributed by atoms with E-state index < -0.39 is 12.1 Å². The molecule has 4 aliphatic rings. The Labute approximate surface area is 214 Å². The molecular formula is C26H29ClN4O3S. The van der Waals surface area contributed by atoms with Crippen molar-refractivity contribution in [3.8, 4) is 0 Å². The Morgan fingerprint density at radius 1 is 1.03 bits per heavy atom. The molecule has 1 aliphatic carbocycles. The van der Waals surface area contributed by atoms with Gasteiger partial charge >= 0.3 is 6.03 Å². The second kappa shape index (κ2) is 8.91. The van der Waals surface area contributed by atoms with E-state index in [-0.39, 0.29) is 23.3 Å². The van der Waals surface area contributed by atoms with Gasteiger partial charge in [-0.05, 0) is 75.0 Å². The third kappa shape index (κ3) is 3.96. The number of nitrogens with one attached hydrogen (secondary N) is 1. The second-order valence-electron chi connectivity index (χ2n) is 10.2. The van der Waals surface area contributed by atoms with Gasteiger partial charge in [0.2, 0.25) is 0 Å². The molecule has 4 heterocycles. The van der Waals surface area contributed by atoms with E-state index in [1.807, 2.05) is 12.1 Å². The Morgan fingerprint density at radius 3 is 2.40 bits per heavy atom. The van der Waals surface area contributed by atoms with Crippen molar-refractivity contribution in [3.63, 3.8) is 0 Å². The summed E-state index contributed by atoms with van der Waals surface area (Å²) < 4.78 is 0.536. The van der Waals surface area contributed by atoms with E-state index >= 15 is 0 Å². The number of anilines is 1. The molecule has 9 heteroatoms. The van der Waals surface area contributed by atoms with Gasteiger partial charge in [-0.15, -0.1) is 11.3 Å². The van der Waals surface area contributed by atoms with Gasteiger partial charge in [0.15, 0.2) is 0 Å². The number of rotatable bonds is 6. The summed E-state index contributed by atoms with van der Waals surface area (Å²) in [5, 5.41) is 2.95. The largest absolute Gasteiger partial charge is 0.346 e. The highest BCUT2D eigenvalue weighted by Crippen LogP contribution is 2.45.